The number of hydrogen-bond acceptors (Lipinski definition) is 2. The van der Waals surface area contributed by atoms with Crippen molar-refractivity contribution in [2.75, 3.05) is 0 Å². The fourth-order valence-electron chi connectivity index (χ4n) is 4.93. The molecule has 7 rings (SSSR count). The minimum absolute atomic E-state index is 0.930. The molecule has 7 aromatic rings. The van der Waals surface area contributed by atoms with Gasteiger partial charge in [0, 0.05) is 33.8 Å². The Labute approximate surface area is 203 Å². The summed E-state index contributed by atoms with van der Waals surface area (Å²) in [5.41, 5.74) is 7.50. The van der Waals surface area contributed by atoms with Crippen LogP contribution in [0, 0.1) is 0 Å². The van der Waals surface area contributed by atoms with Gasteiger partial charge in [-0.25, -0.2) is 4.98 Å². The molecule has 0 aliphatic carbocycles. The van der Waals surface area contributed by atoms with Gasteiger partial charge in [0.25, 0.3) is 0 Å². The zero-order valence-corrected chi connectivity index (χ0v) is 19.0. The molecular weight excluding hydrogens is 426 g/mol. The first-order valence-corrected chi connectivity index (χ1v) is 11.8. The van der Waals surface area contributed by atoms with Gasteiger partial charge in [0.1, 0.15) is 5.82 Å². The van der Waals surface area contributed by atoms with Gasteiger partial charge in [-0.3, -0.25) is 9.55 Å². The van der Waals surface area contributed by atoms with E-state index in [1.165, 1.54) is 10.8 Å². The van der Waals surface area contributed by atoms with Gasteiger partial charge in [-0.15, -0.1) is 0 Å². The molecule has 0 saturated carbocycles. The maximum absolute atomic E-state index is 5.03. The number of hydrogen-bond donors (Lipinski definition) is 0. The average molecular weight is 448 g/mol. The Hall–Kier alpha value is -4.76. The molecule has 3 nitrogen and oxygen atoms in total. The molecule has 0 fully saturated rings. The monoisotopic (exact) mass is 447 g/mol. The summed E-state index contributed by atoms with van der Waals surface area (Å²) in [6.07, 6.45) is 1.98. The van der Waals surface area contributed by atoms with Crippen molar-refractivity contribution >= 4 is 32.7 Å². The van der Waals surface area contributed by atoms with Crippen LogP contribution in [0.1, 0.15) is 0 Å². The van der Waals surface area contributed by atoms with Gasteiger partial charge >= 0.3 is 0 Å². The molecule has 0 N–H and O–H groups in total. The molecule has 3 heteroatoms. The lowest BCUT2D eigenvalue weighted by Crippen LogP contribution is -1.97. The van der Waals surface area contributed by atoms with E-state index in [1.807, 2.05) is 18.3 Å². The molecule has 0 saturated heterocycles. The number of imidazole rings is 1. The highest BCUT2D eigenvalue weighted by Gasteiger charge is 2.15. The lowest BCUT2D eigenvalue weighted by molar-refractivity contribution is 1.10. The first-order valence-electron chi connectivity index (χ1n) is 11.8. The Kier molecular flexibility index (Phi) is 4.46. The highest BCUT2D eigenvalue weighted by atomic mass is 15.1. The van der Waals surface area contributed by atoms with Gasteiger partial charge in [0.05, 0.1) is 16.6 Å². The third-order valence-electron chi connectivity index (χ3n) is 6.60. The topological polar surface area (TPSA) is 30.7 Å². The minimum atomic E-state index is 0.930. The molecule has 2 heterocycles. The molecule has 0 spiro atoms. The van der Waals surface area contributed by atoms with Crippen molar-refractivity contribution in [3.63, 3.8) is 0 Å². The molecule has 5 aromatic carbocycles. The lowest BCUT2D eigenvalue weighted by Gasteiger charge is -2.11. The van der Waals surface area contributed by atoms with Crippen LogP contribution in [0.3, 0.4) is 0 Å². The van der Waals surface area contributed by atoms with E-state index in [0.29, 0.717) is 0 Å². The highest BCUT2D eigenvalue weighted by Crippen LogP contribution is 2.32. The molecule has 0 radical (unpaired) electrons. The molecule has 0 amide bonds. The van der Waals surface area contributed by atoms with Crippen LogP contribution in [0.15, 0.2) is 128 Å². The van der Waals surface area contributed by atoms with E-state index in [9.17, 15) is 0 Å². The lowest BCUT2D eigenvalue weighted by atomic mass is 10.0. The summed E-state index contributed by atoms with van der Waals surface area (Å²) < 4.78 is 2.24. The van der Waals surface area contributed by atoms with E-state index in [1.54, 1.807) is 0 Å². The van der Waals surface area contributed by atoms with Crippen LogP contribution in [0.25, 0.3) is 60.9 Å². The first-order chi connectivity index (χ1) is 17.3. The summed E-state index contributed by atoms with van der Waals surface area (Å²) in [5.74, 6) is 0.930. The second-order valence-electron chi connectivity index (χ2n) is 8.76. The Morgan fingerprint density at radius 2 is 1.31 bits per heavy atom. The minimum Gasteiger partial charge on any atom is -0.292 e. The number of nitrogens with zero attached hydrogens (tertiary/aromatic N) is 3. The van der Waals surface area contributed by atoms with Gasteiger partial charge in [-0.2, -0.15) is 0 Å². The van der Waals surface area contributed by atoms with Gasteiger partial charge in [-0.1, -0.05) is 84.9 Å². The van der Waals surface area contributed by atoms with Crippen LogP contribution in [0.2, 0.25) is 0 Å². The molecule has 0 atom stereocenters. The maximum atomic E-state index is 5.03. The number of rotatable bonds is 3. The van der Waals surface area contributed by atoms with E-state index < -0.39 is 0 Å². The summed E-state index contributed by atoms with van der Waals surface area (Å²) in [5, 5.41) is 3.53. The second kappa shape index (κ2) is 7.93. The quantitative estimate of drug-likeness (QED) is 0.256. The summed E-state index contributed by atoms with van der Waals surface area (Å²) in [7, 11) is 0. The maximum Gasteiger partial charge on any atom is 0.145 e. The molecule has 0 unspecified atom stereocenters. The molecule has 0 aliphatic rings. The van der Waals surface area contributed by atoms with E-state index in [2.05, 4.69) is 114 Å². The van der Waals surface area contributed by atoms with E-state index in [0.717, 1.165) is 50.1 Å². The van der Waals surface area contributed by atoms with E-state index >= 15 is 0 Å². The van der Waals surface area contributed by atoms with Crippen molar-refractivity contribution in [3.05, 3.63) is 128 Å². The number of fused-ring (bicyclic) bond motifs is 4. The van der Waals surface area contributed by atoms with Crippen LogP contribution < -0.4 is 0 Å². The zero-order chi connectivity index (χ0) is 23.2. The van der Waals surface area contributed by atoms with Crippen molar-refractivity contribution < 1.29 is 0 Å². The van der Waals surface area contributed by atoms with E-state index in [4.69, 9.17) is 9.97 Å². The van der Waals surface area contributed by atoms with Crippen molar-refractivity contribution in [1.29, 1.82) is 0 Å². The Morgan fingerprint density at radius 3 is 2.26 bits per heavy atom. The number of aromatic nitrogens is 3. The smallest absolute Gasteiger partial charge is 0.145 e. The average Bonchev–Trinajstić information content (AvgIpc) is 3.33. The molecule has 0 bridgehead atoms. The molecular formula is C32H21N3. The first kappa shape index (κ1) is 19.7. The molecule has 164 valence electrons. The molecule has 2 aromatic heterocycles. The van der Waals surface area contributed by atoms with Crippen molar-refractivity contribution in [2.45, 2.75) is 0 Å². The number of para-hydroxylation sites is 3. The van der Waals surface area contributed by atoms with Gasteiger partial charge < -0.3 is 0 Å². The van der Waals surface area contributed by atoms with Gasteiger partial charge in [0.2, 0.25) is 0 Å². The van der Waals surface area contributed by atoms with Crippen LogP contribution in [-0.4, -0.2) is 14.5 Å². The van der Waals surface area contributed by atoms with Gasteiger partial charge in [0.15, 0.2) is 0 Å². The summed E-state index contributed by atoms with van der Waals surface area (Å²) in [6, 6.07) is 42.3. The van der Waals surface area contributed by atoms with Gasteiger partial charge in [-0.05, 0) is 47.3 Å². The summed E-state index contributed by atoms with van der Waals surface area (Å²) in [4.78, 5) is 9.89. The normalized spacial score (nSPS) is 11.4. The third kappa shape index (κ3) is 3.29. The Bertz CT molecular complexity index is 1850. The van der Waals surface area contributed by atoms with Crippen LogP contribution in [0.5, 0.6) is 0 Å². The van der Waals surface area contributed by atoms with Crippen molar-refractivity contribution in [3.8, 4) is 28.2 Å². The summed E-state index contributed by atoms with van der Waals surface area (Å²) in [6.45, 7) is 0. The predicted octanol–water partition coefficient (Wildman–Crippen LogP) is 8.06. The second-order valence-corrected chi connectivity index (χ2v) is 8.76. The Balaban J connectivity index is 1.39. The number of benzene rings is 5. The summed E-state index contributed by atoms with van der Waals surface area (Å²) >= 11 is 0. The SMILES string of the molecule is c1ccc(-n2c(-c3cccc(-c4cnc5c(ccc6ccccc65)c4)c3)nc3ccccc32)cc1. The fraction of sp³-hybridized carbons (Fsp3) is 0. The van der Waals surface area contributed by atoms with Crippen molar-refractivity contribution in [2.24, 2.45) is 0 Å². The molecule has 35 heavy (non-hydrogen) atoms. The standard InChI is InChI=1S/C32H21N3/c1-2-12-27(13-3-1)35-30-16-7-6-15-29(30)34-32(35)25-11-8-10-23(19-25)26-20-24-18-17-22-9-4-5-14-28(22)31(24)33-21-26/h1-21H. The fourth-order valence-corrected chi connectivity index (χ4v) is 4.93. The van der Waals surface area contributed by atoms with Crippen LogP contribution in [0.4, 0.5) is 0 Å². The molecule has 0 aliphatic heterocycles. The third-order valence-corrected chi connectivity index (χ3v) is 6.60. The van der Waals surface area contributed by atoms with Crippen LogP contribution in [-0.2, 0) is 0 Å². The van der Waals surface area contributed by atoms with E-state index in [-0.39, 0.29) is 0 Å². The van der Waals surface area contributed by atoms with Crippen molar-refractivity contribution in [1.82, 2.24) is 14.5 Å². The largest absolute Gasteiger partial charge is 0.292 e. The Morgan fingerprint density at radius 1 is 0.543 bits per heavy atom. The number of pyridine rings is 1. The zero-order valence-electron chi connectivity index (χ0n) is 19.0. The van der Waals surface area contributed by atoms with Crippen LogP contribution >= 0.6 is 0 Å². The highest BCUT2D eigenvalue weighted by molar-refractivity contribution is 6.05. The predicted molar refractivity (Wildman–Crippen MR) is 145 cm³/mol.